The van der Waals surface area contributed by atoms with E-state index in [1.54, 1.807) is 54.6 Å². The molecule has 1 heterocycles. The Morgan fingerprint density at radius 2 is 1.42 bits per heavy atom. The maximum Gasteiger partial charge on any atom is 0.323 e. The molecule has 0 radical (unpaired) electrons. The van der Waals surface area contributed by atoms with E-state index in [4.69, 9.17) is 4.74 Å². The van der Waals surface area contributed by atoms with Gasteiger partial charge in [0.25, 0.3) is 0 Å². The van der Waals surface area contributed by atoms with Crippen molar-refractivity contribution in [2.75, 3.05) is 16.0 Å². The predicted molar refractivity (Wildman–Crippen MR) is 117 cm³/mol. The van der Waals surface area contributed by atoms with Crippen molar-refractivity contribution >= 4 is 28.9 Å². The number of carbonyl (C=O) groups is 1. The predicted octanol–water partition coefficient (Wildman–Crippen LogP) is 5.80. The molecule has 0 bridgehead atoms. The minimum Gasteiger partial charge on any atom is -0.439 e. The fraction of sp³-hybridized carbons (Fsp3) is 0. The number of anilines is 4. The molecule has 0 atom stereocenters. The number of halogens is 1. The Hall–Kier alpha value is -4.46. The lowest BCUT2D eigenvalue weighted by molar-refractivity contribution is 0.262. The highest BCUT2D eigenvalue weighted by Crippen LogP contribution is 2.24. The van der Waals surface area contributed by atoms with E-state index in [2.05, 4.69) is 25.9 Å². The van der Waals surface area contributed by atoms with E-state index in [0.717, 1.165) is 0 Å². The lowest BCUT2D eigenvalue weighted by atomic mass is 10.3. The van der Waals surface area contributed by atoms with Crippen LogP contribution in [0.1, 0.15) is 0 Å². The van der Waals surface area contributed by atoms with Crippen molar-refractivity contribution in [3.8, 4) is 11.6 Å². The molecule has 8 heteroatoms. The van der Waals surface area contributed by atoms with Crippen LogP contribution in [0, 0.1) is 5.82 Å². The van der Waals surface area contributed by atoms with Gasteiger partial charge in [0, 0.05) is 23.1 Å². The zero-order chi connectivity index (χ0) is 21.5. The fourth-order valence-electron chi connectivity index (χ4n) is 2.69. The van der Waals surface area contributed by atoms with Crippen LogP contribution in [0.25, 0.3) is 0 Å². The van der Waals surface area contributed by atoms with Gasteiger partial charge in [-0.15, -0.1) is 0 Å². The number of ether oxygens (including phenoxy) is 1. The summed E-state index contributed by atoms with van der Waals surface area (Å²) >= 11 is 0. The van der Waals surface area contributed by atoms with Gasteiger partial charge in [0.05, 0.1) is 0 Å². The zero-order valence-corrected chi connectivity index (χ0v) is 16.2. The number of rotatable bonds is 6. The third kappa shape index (κ3) is 5.77. The van der Waals surface area contributed by atoms with Crippen molar-refractivity contribution < 1.29 is 13.9 Å². The Balaban J connectivity index is 1.35. The molecule has 31 heavy (non-hydrogen) atoms. The number of para-hydroxylation sites is 1. The highest BCUT2D eigenvalue weighted by Gasteiger charge is 2.05. The average molecular weight is 415 g/mol. The largest absolute Gasteiger partial charge is 0.439 e. The molecule has 0 aliphatic carbocycles. The van der Waals surface area contributed by atoms with E-state index < -0.39 is 0 Å². The highest BCUT2D eigenvalue weighted by molar-refractivity contribution is 5.99. The van der Waals surface area contributed by atoms with E-state index in [0.29, 0.717) is 34.5 Å². The van der Waals surface area contributed by atoms with Gasteiger partial charge < -0.3 is 20.7 Å². The van der Waals surface area contributed by atoms with Crippen molar-refractivity contribution in [1.82, 2.24) is 9.97 Å². The van der Waals surface area contributed by atoms with Gasteiger partial charge in [0.2, 0.25) is 5.88 Å². The Morgan fingerprint density at radius 1 is 0.774 bits per heavy atom. The van der Waals surface area contributed by atoms with Gasteiger partial charge in [-0.3, -0.25) is 0 Å². The number of aromatic nitrogens is 2. The van der Waals surface area contributed by atoms with Gasteiger partial charge in [-0.1, -0.05) is 18.2 Å². The maximum absolute atomic E-state index is 13.0. The second-order valence-corrected chi connectivity index (χ2v) is 6.44. The third-order valence-corrected chi connectivity index (χ3v) is 4.12. The number of amides is 2. The minimum absolute atomic E-state index is 0.312. The fourth-order valence-corrected chi connectivity index (χ4v) is 2.69. The summed E-state index contributed by atoms with van der Waals surface area (Å²) in [6, 6.07) is 23.3. The van der Waals surface area contributed by atoms with E-state index in [9.17, 15) is 9.18 Å². The molecule has 0 spiro atoms. The summed E-state index contributed by atoms with van der Waals surface area (Å²) in [4.78, 5) is 20.3. The second-order valence-electron chi connectivity index (χ2n) is 6.44. The minimum atomic E-state index is -0.341. The second kappa shape index (κ2) is 9.36. The molecule has 0 aliphatic heterocycles. The number of urea groups is 1. The summed E-state index contributed by atoms with van der Waals surface area (Å²) in [6.45, 7) is 0. The van der Waals surface area contributed by atoms with Gasteiger partial charge in [-0.05, 0) is 60.7 Å². The monoisotopic (exact) mass is 415 g/mol. The smallest absolute Gasteiger partial charge is 0.323 e. The molecule has 0 fully saturated rings. The van der Waals surface area contributed by atoms with Crippen LogP contribution < -0.4 is 20.7 Å². The van der Waals surface area contributed by atoms with Crippen LogP contribution in [0.15, 0.2) is 91.3 Å². The van der Waals surface area contributed by atoms with E-state index in [-0.39, 0.29) is 11.8 Å². The summed E-state index contributed by atoms with van der Waals surface area (Å²) in [5.41, 5.74) is 2.01. The molecule has 0 aliphatic rings. The maximum atomic E-state index is 13.0. The summed E-state index contributed by atoms with van der Waals surface area (Å²) in [6.07, 6.45) is 1.37. The first-order chi connectivity index (χ1) is 15.1. The Bertz CT molecular complexity index is 1150. The molecule has 2 amide bonds. The first kappa shape index (κ1) is 19.8. The normalized spacial score (nSPS) is 10.2. The SMILES string of the molecule is O=C(Nc1ccccc1)Nc1ccc(Oc2cc(Nc3ccc(F)cc3)ncn2)cc1. The van der Waals surface area contributed by atoms with Gasteiger partial charge >= 0.3 is 6.03 Å². The molecule has 3 N–H and O–H groups in total. The Morgan fingerprint density at radius 3 is 2.13 bits per heavy atom. The third-order valence-electron chi connectivity index (χ3n) is 4.12. The van der Waals surface area contributed by atoms with Crippen molar-refractivity contribution in [1.29, 1.82) is 0 Å². The van der Waals surface area contributed by atoms with Crippen molar-refractivity contribution in [2.24, 2.45) is 0 Å². The van der Waals surface area contributed by atoms with Crippen LogP contribution in [0.4, 0.5) is 32.1 Å². The number of hydrogen-bond acceptors (Lipinski definition) is 5. The molecule has 0 saturated carbocycles. The summed E-state index contributed by atoms with van der Waals surface area (Å²) in [5.74, 6) is 1.07. The number of hydrogen-bond donors (Lipinski definition) is 3. The highest BCUT2D eigenvalue weighted by atomic mass is 19.1. The van der Waals surface area contributed by atoms with Gasteiger partial charge in [0.15, 0.2) is 0 Å². The topological polar surface area (TPSA) is 88.2 Å². The quantitative estimate of drug-likeness (QED) is 0.371. The number of nitrogens with one attached hydrogen (secondary N) is 3. The van der Waals surface area contributed by atoms with Gasteiger partial charge in [-0.2, -0.15) is 0 Å². The molecular weight excluding hydrogens is 397 g/mol. The van der Waals surface area contributed by atoms with Crippen LogP contribution in [0.5, 0.6) is 11.6 Å². The lowest BCUT2D eigenvalue weighted by Crippen LogP contribution is -2.19. The average Bonchev–Trinajstić information content (AvgIpc) is 2.78. The molecule has 7 nitrogen and oxygen atoms in total. The van der Waals surface area contributed by atoms with Crippen LogP contribution in [-0.2, 0) is 0 Å². The van der Waals surface area contributed by atoms with Gasteiger partial charge in [-0.25, -0.2) is 19.2 Å². The molecule has 4 aromatic rings. The molecule has 0 saturated heterocycles. The van der Waals surface area contributed by atoms with Crippen molar-refractivity contribution in [2.45, 2.75) is 0 Å². The molecule has 0 unspecified atom stereocenters. The Labute approximate surface area is 177 Å². The standard InChI is InChI=1S/C23H18FN5O2/c24-16-6-8-18(9-7-16)27-21-14-22(26-15-25-21)31-20-12-10-19(11-13-20)29-23(30)28-17-4-2-1-3-5-17/h1-15H,(H,25,26,27)(H2,28,29,30). The van der Waals surface area contributed by atoms with E-state index in [1.807, 2.05) is 18.2 Å². The van der Waals surface area contributed by atoms with Crippen LogP contribution >= 0.6 is 0 Å². The number of nitrogens with zero attached hydrogens (tertiary/aromatic N) is 2. The molecule has 4 rings (SSSR count). The lowest BCUT2D eigenvalue weighted by Gasteiger charge is -2.10. The van der Waals surface area contributed by atoms with Crippen molar-refractivity contribution in [3.05, 3.63) is 97.1 Å². The molecule has 1 aromatic heterocycles. The van der Waals surface area contributed by atoms with Gasteiger partial charge in [0.1, 0.15) is 23.7 Å². The first-order valence-electron chi connectivity index (χ1n) is 9.40. The summed E-state index contributed by atoms with van der Waals surface area (Å²) in [5, 5.41) is 8.56. The van der Waals surface area contributed by atoms with E-state index >= 15 is 0 Å². The zero-order valence-electron chi connectivity index (χ0n) is 16.2. The van der Waals surface area contributed by atoms with Crippen LogP contribution in [0.3, 0.4) is 0 Å². The molecular formula is C23H18FN5O2. The summed E-state index contributed by atoms with van der Waals surface area (Å²) < 4.78 is 18.8. The molecule has 3 aromatic carbocycles. The first-order valence-corrected chi connectivity index (χ1v) is 9.40. The van der Waals surface area contributed by atoms with Crippen LogP contribution in [-0.4, -0.2) is 16.0 Å². The van der Waals surface area contributed by atoms with Crippen LogP contribution in [0.2, 0.25) is 0 Å². The number of benzene rings is 3. The number of carbonyl (C=O) groups excluding carboxylic acids is 1. The molecule has 154 valence electrons. The summed E-state index contributed by atoms with van der Waals surface area (Å²) in [7, 11) is 0. The Kier molecular flexibility index (Phi) is 5.99. The van der Waals surface area contributed by atoms with Crippen molar-refractivity contribution in [3.63, 3.8) is 0 Å². The van der Waals surface area contributed by atoms with E-state index in [1.165, 1.54) is 18.5 Å².